The van der Waals surface area contributed by atoms with Gasteiger partial charge in [-0.3, -0.25) is 14.9 Å². The summed E-state index contributed by atoms with van der Waals surface area (Å²) in [7, 11) is 0. The molecular formula is C15H27F3N2O5. The lowest BCUT2D eigenvalue weighted by Gasteiger charge is -2.20. The summed E-state index contributed by atoms with van der Waals surface area (Å²) >= 11 is 0. The highest BCUT2D eigenvalue weighted by Crippen LogP contribution is 2.13. The zero-order chi connectivity index (χ0) is 20.4. The average molecular weight is 372 g/mol. The third kappa shape index (κ3) is 15.6. The van der Waals surface area contributed by atoms with Crippen molar-refractivity contribution in [1.82, 2.24) is 5.32 Å². The number of aliphatic hydroxyl groups is 1. The van der Waals surface area contributed by atoms with Crippen LogP contribution < -0.4 is 11.1 Å². The summed E-state index contributed by atoms with van der Waals surface area (Å²) in [5.41, 5.74) is 5.76. The molecule has 0 aromatic rings. The third-order valence-corrected chi connectivity index (χ3v) is 2.75. The summed E-state index contributed by atoms with van der Waals surface area (Å²) in [5.74, 6) is -2.97. The zero-order valence-corrected chi connectivity index (χ0v) is 14.8. The summed E-state index contributed by atoms with van der Waals surface area (Å²) in [6.45, 7) is 7.80. The highest BCUT2D eigenvalue weighted by Gasteiger charge is 2.38. The SMILES string of the molecule is CC(C)CC(=O)NC(=O)C[C@H](O)[C@@H](N)CC(C)C.O=C(O)C(F)(F)F. The van der Waals surface area contributed by atoms with Crippen molar-refractivity contribution in [3.05, 3.63) is 0 Å². The lowest BCUT2D eigenvalue weighted by Crippen LogP contribution is -2.41. The minimum absolute atomic E-state index is 0.127. The molecule has 0 fully saturated rings. The second-order valence-electron chi connectivity index (χ2n) is 6.44. The molecule has 2 atom stereocenters. The Morgan fingerprint density at radius 1 is 1.00 bits per heavy atom. The van der Waals surface area contributed by atoms with Crippen molar-refractivity contribution in [3.63, 3.8) is 0 Å². The predicted molar refractivity (Wildman–Crippen MR) is 84.3 cm³/mol. The number of imide groups is 1. The maximum absolute atomic E-state index is 11.5. The molecule has 7 nitrogen and oxygen atoms in total. The van der Waals surface area contributed by atoms with Crippen molar-refractivity contribution in [1.29, 1.82) is 0 Å². The lowest BCUT2D eigenvalue weighted by molar-refractivity contribution is -0.192. The second kappa shape index (κ2) is 11.8. The van der Waals surface area contributed by atoms with Crippen LogP contribution in [0.15, 0.2) is 0 Å². The van der Waals surface area contributed by atoms with Gasteiger partial charge in [-0.05, 0) is 18.3 Å². The number of nitrogens with one attached hydrogen (secondary N) is 1. The molecule has 0 saturated heterocycles. The van der Waals surface area contributed by atoms with Gasteiger partial charge in [-0.2, -0.15) is 13.2 Å². The number of carboxylic acid groups (broad SMARTS) is 1. The molecule has 0 rings (SSSR count). The standard InChI is InChI=1S/C13H26N2O3.C2HF3O2/c1-8(2)5-10(14)11(16)7-13(18)15-12(17)6-9(3)4;3-2(4,5)1(6)7/h8-11,16H,5-7,14H2,1-4H3,(H,15,17,18);(H,6,7)/t10-,11-;/m0./s1. The van der Waals surface area contributed by atoms with Crippen LogP contribution in [0.5, 0.6) is 0 Å². The number of amides is 2. The molecule has 10 heteroatoms. The van der Waals surface area contributed by atoms with Gasteiger partial charge in [0.25, 0.3) is 0 Å². The summed E-state index contributed by atoms with van der Waals surface area (Å²) in [6, 6.07) is -0.434. The van der Waals surface area contributed by atoms with Crippen LogP contribution in [0.3, 0.4) is 0 Å². The van der Waals surface area contributed by atoms with Crippen molar-refractivity contribution in [3.8, 4) is 0 Å². The molecule has 148 valence electrons. The van der Waals surface area contributed by atoms with E-state index in [1.807, 2.05) is 27.7 Å². The molecular weight excluding hydrogens is 345 g/mol. The van der Waals surface area contributed by atoms with Gasteiger partial charge >= 0.3 is 12.1 Å². The Hall–Kier alpha value is -1.68. The smallest absolute Gasteiger partial charge is 0.475 e. The van der Waals surface area contributed by atoms with E-state index < -0.39 is 30.2 Å². The van der Waals surface area contributed by atoms with Gasteiger partial charge in [0.05, 0.1) is 12.5 Å². The van der Waals surface area contributed by atoms with E-state index in [1.54, 1.807) is 0 Å². The molecule has 0 bridgehead atoms. The first-order chi connectivity index (χ1) is 11.2. The molecule has 2 amide bonds. The second-order valence-corrected chi connectivity index (χ2v) is 6.44. The minimum atomic E-state index is -5.08. The summed E-state index contributed by atoms with van der Waals surface area (Å²) in [6.07, 6.45) is -5.16. The van der Waals surface area contributed by atoms with E-state index in [0.717, 1.165) is 0 Å². The van der Waals surface area contributed by atoms with Gasteiger partial charge in [0.2, 0.25) is 11.8 Å². The first kappa shape index (κ1) is 25.6. The predicted octanol–water partition coefficient (Wildman–Crippen LogP) is 1.43. The molecule has 0 unspecified atom stereocenters. The van der Waals surface area contributed by atoms with Gasteiger partial charge < -0.3 is 15.9 Å². The Bertz CT molecular complexity index is 439. The number of carbonyl (C=O) groups excluding carboxylic acids is 2. The molecule has 5 N–H and O–H groups in total. The Kier molecular flexibility index (Phi) is 12.1. The van der Waals surface area contributed by atoms with E-state index in [-0.39, 0.29) is 18.2 Å². The van der Waals surface area contributed by atoms with Gasteiger partial charge in [-0.15, -0.1) is 0 Å². The quantitative estimate of drug-likeness (QED) is 0.535. The summed E-state index contributed by atoms with van der Waals surface area (Å²) in [5, 5.41) is 19.1. The number of hydrogen-bond acceptors (Lipinski definition) is 5. The van der Waals surface area contributed by atoms with Gasteiger partial charge in [-0.25, -0.2) is 4.79 Å². The number of aliphatic carboxylic acids is 1. The molecule has 0 heterocycles. The van der Waals surface area contributed by atoms with Gasteiger partial charge in [0, 0.05) is 12.5 Å². The summed E-state index contributed by atoms with van der Waals surface area (Å²) in [4.78, 5) is 31.7. The lowest BCUT2D eigenvalue weighted by atomic mass is 9.98. The van der Waals surface area contributed by atoms with E-state index in [0.29, 0.717) is 18.8 Å². The monoisotopic (exact) mass is 372 g/mol. The van der Waals surface area contributed by atoms with Crippen LogP contribution in [0.1, 0.15) is 47.0 Å². The Labute approximate surface area is 144 Å². The van der Waals surface area contributed by atoms with Crippen LogP contribution in [0.25, 0.3) is 0 Å². The molecule has 0 aromatic heterocycles. The van der Waals surface area contributed by atoms with Gasteiger partial charge in [0.15, 0.2) is 0 Å². The van der Waals surface area contributed by atoms with Crippen LogP contribution in [-0.4, -0.2) is 46.3 Å². The highest BCUT2D eigenvalue weighted by molar-refractivity contribution is 5.95. The maximum Gasteiger partial charge on any atom is 0.490 e. The van der Waals surface area contributed by atoms with E-state index in [2.05, 4.69) is 5.32 Å². The van der Waals surface area contributed by atoms with E-state index in [9.17, 15) is 27.9 Å². The molecule has 0 aliphatic carbocycles. The van der Waals surface area contributed by atoms with Gasteiger partial charge in [-0.1, -0.05) is 27.7 Å². The Balaban J connectivity index is 0. The normalized spacial score (nSPS) is 13.7. The van der Waals surface area contributed by atoms with E-state index in [4.69, 9.17) is 15.6 Å². The number of carboxylic acids is 1. The molecule has 25 heavy (non-hydrogen) atoms. The number of alkyl halides is 3. The van der Waals surface area contributed by atoms with Gasteiger partial charge in [0.1, 0.15) is 0 Å². The summed E-state index contributed by atoms with van der Waals surface area (Å²) < 4.78 is 31.7. The fraction of sp³-hybridized carbons (Fsp3) is 0.800. The van der Waals surface area contributed by atoms with Crippen molar-refractivity contribution in [2.45, 2.75) is 65.3 Å². The van der Waals surface area contributed by atoms with Crippen molar-refractivity contribution in [2.24, 2.45) is 17.6 Å². The van der Waals surface area contributed by atoms with Crippen molar-refractivity contribution in [2.75, 3.05) is 0 Å². The van der Waals surface area contributed by atoms with Crippen LogP contribution in [0.2, 0.25) is 0 Å². The van der Waals surface area contributed by atoms with Crippen LogP contribution in [0, 0.1) is 11.8 Å². The van der Waals surface area contributed by atoms with E-state index in [1.165, 1.54) is 0 Å². The number of aliphatic hydroxyl groups excluding tert-OH is 1. The number of hydrogen-bond donors (Lipinski definition) is 4. The first-order valence-electron chi connectivity index (χ1n) is 7.73. The van der Waals surface area contributed by atoms with Crippen LogP contribution in [-0.2, 0) is 14.4 Å². The number of nitrogens with two attached hydrogens (primary N) is 1. The van der Waals surface area contributed by atoms with Crippen LogP contribution >= 0.6 is 0 Å². The maximum atomic E-state index is 11.5. The van der Waals surface area contributed by atoms with E-state index >= 15 is 0 Å². The zero-order valence-electron chi connectivity index (χ0n) is 14.8. The molecule has 0 spiro atoms. The molecule has 0 aliphatic rings. The van der Waals surface area contributed by atoms with Crippen molar-refractivity contribution >= 4 is 17.8 Å². The fourth-order valence-electron chi connectivity index (χ4n) is 1.67. The molecule has 0 aromatic carbocycles. The Morgan fingerprint density at radius 3 is 1.72 bits per heavy atom. The largest absolute Gasteiger partial charge is 0.490 e. The average Bonchev–Trinajstić information content (AvgIpc) is 2.35. The van der Waals surface area contributed by atoms with Crippen molar-refractivity contribution < 1.29 is 37.8 Å². The number of halogens is 3. The first-order valence-corrected chi connectivity index (χ1v) is 7.73. The number of rotatable bonds is 7. The fourth-order valence-corrected chi connectivity index (χ4v) is 1.67. The Morgan fingerprint density at radius 2 is 1.40 bits per heavy atom. The molecule has 0 radical (unpaired) electrons. The highest BCUT2D eigenvalue weighted by atomic mass is 19.4. The van der Waals surface area contributed by atoms with Crippen LogP contribution in [0.4, 0.5) is 13.2 Å². The third-order valence-electron chi connectivity index (χ3n) is 2.75. The molecule has 0 saturated carbocycles. The molecule has 0 aliphatic heterocycles. The topological polar surface area (TPSA) is 130 Å². The number of carbonyl (C=O) groups is 3. The minimum Gasteiger partial charge on any atom is -0.475 e.